The van der Waals surface area contributed by atoms with Crippen LogP contribution in [0.15, 0.2) is 36.4 Å². The third-order valence-electron chi connectivity index (χ3n) is 5.71. The summed E-state index contributed by atoms with van der Waals surface area (Å²) in [6, 6.07) is 11.7. The summed E-state index contributed by atoms with van der Waals surface area (Å²) in [4.78, 5) is 12.5. The van der Waals surface area contributed by atoms with Gasteiger partial charge in [-0.05, 0) is 65.0 Å². The first-order valence-electron chi connectivity index (χ1n) is 9.24. The molecule has 26 heavy (non-hydrogen) atoms. The van der Waals surface area contributed by atoms with Crippen molar-refractivity contribution in [3.8, 4) is 0 Å². The second kappa shape index (κ2) is 6.46. The van der Waals surface area contributed by atoms with Crippen LogP contribution >= 0.6 is 0 Å². The van der Waals surface area contributed by atoms with Crippen LogP contribution in [-0.2, 0) is 22.0 Å². The number of amides is 1. The van der Waals surface area contributed by atoms with Crippen LogP contribution in [0.2, 0.25) is 0 Å². The van der Waals surface area contributed by atoms with Gasteiger partial charge >= 0.3 is 0 Å². The highest BCUT2D eigenvalue weighted by molar-refractivity contribution is 5.93. The van der Waals surface area contributed by atoms with Crippen LogP contribution in [0, 0.1) is 6.92 Å². The molecule has 3 rings (SSSR count). The maximum absolute atomic E-state index is 12.5. The molecule has 1 amide bonds. The molecule has 1 aliphatic rings. The van der Waals surface area contributed by atoms with Gasteiger partial charge in [-0.2, -0.15) is 0 Å². The number of benzene rings is 2. The van der Waals surface area contributed by atoms with E-state index in [0.717, 1.165) is 35.3 Å². The number of nitrogens with two attached hydrogens (primary N) is 1. The Morgan fingerprint density at radius 2 is 1.65 bits per heavy atom. The van der Waals surface area contributed by atoms with Crippen LogP contribution in [0.5, 0.6) is 0 Å². The highest BCUT2D eigenvalue weighted by Crippen LogP contribution is 2.48. The summed E-state index contributed by atoms with van der Waals surface area (Å²) in [5, 5.41) is 2.94. The van der Waals surface area contributed by atoms with E-state index in [1.165, 1.54) is 11.1 Å². The number of hydrogen-bond acceptors (Lipinski definition) is 2. The minimum Gasteiger partial charge on any atom is -0.398 e. The smallest absolute Gasteiger partial charge is 0.228 e. The Morgan fingerprint density at radius 1 is 1.04 bits per heavy atom. The van der Waals surface area contributed by atoms with E-state index in [0.29, 0.717) is 0 Å². The zero-order valence-electron chi connectivity index (χ0n) is 16.3. The predicted octanol–water partition coefficient (Wildman–Crippen LogP) is 4.98. The van der Waals surface area contributed by atoms with Crippen LogP contribution in [0.25, 0.3) is 0 Å². The number of hydrogen-bond donors (Lipinski definition) is 2. The Hall–Kier alpha value is -2.29. The van der Waals surface area contributed by atoms with Gasteiger partial charge in [0.05, 0.1) is 6.42 Å². The summed E-state index contributed by atoms with van der Waals surface area (Å²) in [7, 11) is 0. The van der Waals surface area contributed by atoms with Crippen molar-refractivity contribution >= 4 is 17.3 Å². The van der Waals surface area contributed by atoms with Crippen LogP contribution in [0.4, 0.5) is 11.4 Å². The predicted molar refractivity (Wildman–Crippen MR) is 109 cm³/mol. The Bertz CT molecular complexity index is 832. The van der Waals surface area contributed by atoms with Gasteiger partial charge in [0.25, 0.3) is 0 Å². The molecule has 137 valence electrons. The summed E-state index contributed by atoms with van der Waals surface area (Å²) < 4.78 is 0. The fraction of sp³-hybridized carbons (Fsp3) is 0.391. The van der Waals surface area contributed by atoms with Gasteiger partial charge < -0.3 is 11.1 Å². The molecular weight excluding hydrogens is 320 g/mol. The van der Waals surface area contributed by atoms with Crippen LogP contribution < -0.4 is 11.1 Å². The normalized spacial score (nSPS) is 17.4. The van der Waals surface area contributed by atoms with Gasteiger partial charge in [-0.3, -0.25) is 4.79 Å². The number of fused-ring (bicyclic) bond motifs is 1. The lowest BCUT2D eigenvalue weighted by Gasteiger charge is -2.43. The lowest BCUT2D eigenvalue weighted by atomic mass is 9.62. The summed E-state index contributed by atoms with van der Waals surface area (Å²) in [5.74, 6) is -0.0543. The van der Waals surface area contributed by atoms with Gasteiger partial charge in [-0.15, -0.1) is 0 Å². The highest BCUT2D eigenvalue weighted by atomic mass is 16.1. The van der Waals surface area contributed by atoms with Crippen molar-refractivity contribution in [2.75, 3.05) is 11.1 Å². The monoisotopic (exact) mass is 349 g/mol. The molecule has 3 nitrogen and oxygen atoms in total. The van der Waals surface area contributed by atoms with E-state index in [-0.39, 0.29) is 23.2 Å². The number of anilines is 2. The fourth-order valence-electron chi connectivity index (χ4n) is 3.96. The third kappa shape index (κ3) is 3.48. The average molecular weight is 349 g/mol. The lowest BCUT2D eigenvalue weighted by molar-refractivity contribution is -0.115. The second-order valence-electron chi connectivity index (χ2n) is 8.75. The molecule has 0 bridgehead atoms. The molecule has 1 radical (unpaired) electrons. The van der Waals surface area contributed by atoms with Crippen molar-refractivity contribution in [2.45, 2.75) is 57.8 Å². The maximum atomic E-state index is 12.5. The number of nitrogen functional groups attached to an aromatic ring is 1. The molecule has 0 saturated carbocycles. The van der Waals surface area contributed by atoms with Gasteiger partial charge in [-0.1, -0.05) is 52.0 Å². The zero-order valence-corrected chi connectivity index (χ0v) is 16.3. The Kier molecular flexibility index (Phi) is 4.60. The molecule has 0 fully saturated rings. The van der Waals surface area contributed by atoms with Gasteiger partial charge in [0.2, 0.25) is 5.91 Å². The molecule has 1 aliphatic carbocycles. The highest BCUT2D eigenvalue weighted by Gasteiger charge is 2.38. The lowest BCUT2D eigenvalue weighted by Crippen LogP contribution is -2.35. The van der Waals surface area contributed by atoms with Crippen molar-refractivity contribution in [2.24, 2.45) is 0 Å². The topological polar surface area (TPSA) is 55.1 Å². The minimum atomic E-state index is -0.0543. The van der Waals surface area contributed by atoms with Gasteiger partial charge in [0.15, 0.2) is 0 Å². The van der Waals surface area contributed by atoms with Crippen LogP contribution in [-0.4, -0.2) is 5.91 Å². The summed E-state index contributed by atoms with van der Waals surface area (Å²) in [5.41, 5.74) is 12.7. The summed E-state index contributed by atoms with van der Waals surface area (Å²) in [6.45, 7) is 12.9. The quantitative estimate of drug-likeness (QED) is 0.768. The number of rotatable bonds is 3. The summed E-state index contributed by atoms with van der Waals surface area (Å²) >= 11 is 0. The molecule has 0 spiro atoms. The molecule has 3 heteroatoms. The van der Waals surface area contributed by atoms with Crippen molar-refractivity contribution in [3.05, 3.63) is 65.6 Å². The van der Waals surface area contributed by atoms with Gasteiger partial charge in [-0.25, -0.2) is 0 Å². The third-order valence-corrected chi connectivity index (χ3v) is 5.71. The van der Waals surface area contributed by atoms with E-state index in [2.05, 4.69) is 46.0 Å². The molecule has 0 saturated heterocycles. The van der Waals surface area contributed by atoms with Crippen LogP contribution in [0.3, 0.4) is 0 Å². The molecule has 0 atom stereocenters. The Labute approximate surface area is 157 Å². The van der Waals surface area contributed by atoms with E-state index < -0.39 is 0 Å². The Morgan fingerprint density at radius 3 is 2.31 bits per heavy atom. The molecule has 2 aromatic rings. The Balaban J connectivity index is 1.87. The SMILES string of the molecule is [CH2]c1ccc(NC(=O)Cc2ccc3c(c2N)C(C)(C)CCC3(C)C)cc1. The minimum absolute atomic E-state index is 0.0331. The first-order chi connectivity index (χ1) is 12.1. The zero-order chi connectivity index (χ0) is 19.1. The maximum Gasteiger partial charge on any atom is 0.228 e. The van der Waals surface area contributed by atoms with Crippen molar-refractivity contribution in [1.82, 2.24) is 0 Å². The van der Waals surface area contributed by atoms with Crippen LogP contribution in [0.1, 0.15) is 62.8 Å². The van der Waals surface area contributed by atoms with E-state index in [1.807, 2.05) is 30.3 Å². The van der Waals surface area contributed by atoms with Gasteiger partial charge in [0, 0.05) is 11.4 Å². The molecule has 2 aromatic carbocycles. The van der Waals surface area contributed by atoms with E-state index in [4.69, 9.17) is 5.73 Å². The van der Waals surface area contributed by atoms with Crippen molar-refractivity contribution < 1.29 is 4.79 Å². The number of carbonyl (C=O) groups excluding carboxylic acids is 1. The standard InChI is InChI=1S/C23H29N2O/c1-15-6-9-17(10-7-15)25-19(26)14-16-8-11-18-20(21(16)24)23(4,5)13-12-22(18,2)3/h6-11H,1,12-14,24H2,2-5H3,(H,25,26). The van der Waals surface area contributed by atoms with E-state index in [9.17, 15) is 4.79 Å². The summed E-state index contributed by atoms with van der Waals surface area (Å²) in [6.07, 6.45) is 2.53. The van der Waals surface area contributed by atoms with Gasteiger partial charge in [0.1, 0.15) is 0 Å². The molecule has 0 heterocycles. The average Bonchev–Trinajstić information content (AvgIpc) is 2.56. The molecule has 0 aromatic heterocycles. The van der Waals surface area contributed by atoms with E-state index >= 15 is 0 Å². The first-order valence-corrected chi connectivity index (χ1v) is 9.24. The van der Waals surface area contributed by atoms with Crippen molar-refractivity contribution in [3.63, 3.8) is 0 Å². The van der Waals surface area contributed by atoms with E-state index in [1.54, 1.807) is 0 Å². The molecular formula is C23H29N2O. The first kappa shape index (κ1) is 18.5. The number of carbonyl (C=O) groups is 1. The largest absolute Gasteiger partial charge is 0.398 e. The fourth-order valence-corrected chi connectivity index (χ4v) is 3.96. The molecule has 0 aliphatic heterocycles. The molecule has 3 N–H and O–H groups in total. The molecule has 0 unspecified atom stereocenters. The van der Waals surface area contributed by atoms with Crippen molar-refractivity contribution in [1.29, 1.82) is 0 Å². The number of nitrogens with one attached hydrogen (secondary N) is 1. The second-order valence-corrected chi connectivity index (χ2v) is 8.75.